The van der Waals surface area contributed by atoms with E-state index in [0.717, 1.165) is 5.01 Å². The van der Waals surface area contributed by atoms with Crippen molar-refractivity contribution in [2.75, 3.05) is 7.05 Å². The molecule has 0 aliphatic heterocycles. The molecule has 0 saturated heterocycles. The molecule has 0 bridgehead atoms. The number of hydrazine groups is 1. The van der Waals surface area contributed by atoms with E-state index in [1.165, 1.54) is 19.2 Å². The number of carbonyl (C=O) groups is 3. The van der Waals surface area contributed by atoms with Crippen molar-refractivity contribution in [2.24, 2.45) is 0 Å². The molecule has 2 N–H and O–H groups in total. The number of amides is 2. The Balaban J connectivity index is 2.02. The van der Waals surface area contributed by atoms with E-state index in [0.29, 0.717) is 11.1 Å². The molecule has 0 aliphatic carbocycles. The first-order valence-corrected chi connectivity index (χ1v) is 7.07. The highest BCUT2D eigenvalue weighted by Crippen LogP contribution is 2.18. The zero-order valence-electron chi connectivity index (χ0n) is 12.9. The number of nitrogens with zero attached hydrogens (tertiary/aromatic N) is 1. The van der Waals surface area contributed by atoms with Crippen molar-refractivity contribution >= 4 is 18.0 Å². The van der Waals surface area contributed by atoms with Crippen LogP contribution in [0.5, 0.6) is 0 Å². The fourth-order valence-electron chi connectivity index (χ4n) is 1.92. The van der Waals surface area contributed by atoms with Crippen LogP contribution >= 0.6 is 0 Å². The van der Waals surface area contributed by atoms with Crippen LogP contribution in [-0.4, -0.2) is 35.1 Å². The summed E-state index contributed by atoms with van der Waals surface area (Å²) >= 11 is 0. The summed E-state index contributed by atoms with van der Waals surface area (Å²) in [4.78, 5) is 35.3. The number of hydrogen-bond donors (Lipinski definition) is 2. The summed E-state index contributed by atoms with van der Waals surface area (Å²) < 4.78 is 4.97. The van der Waals surface area contributed by atoms with E-state index in [-0.39, 0.29) is 0 Å². The van der Waals surface area contributed by atoms with Gasteiger partial charge >= 0.3 is 12.1 Å². The SMILES string of the molecule is CN(NC(=O)c1ccccc1)C(=O)O[C@@H](C(=O)O)c1ccccc1. The third-order valence-electron chi connectivity index (χ3n) is 3.12. The highest BCUT2D eigenvalue weighted by atomic mass is 16.6. The van der Waals surface area contributed by atoms with Crippen molar-refractivity contribution in [3.05, 3.63) is 71.8 Å². The smallest absolute Gasteiger partial charge is 0.429 e. The van der Waals surface area contributed by atoms with E-state index in [1.807, 2.05) is 0 Å². The van der Waals surface area contributed by atoms with Crippen molar-refractivity contribution in [3.63, 3.8) is 0 Å². The lowest BCUT2D eigenvalue weighted by molar-refractivity contribution is -0.147. The molecular weight excluding hydrogens is 312 g/mol. The fourth-order valence-corrected chi connectivity index (χ4v) is 1.92. The van der Waals surface area contributed by atoms with Gasteiger partial charge in [0.15, 0.2) is 0 Å². The molecule has 0 spiro atoms. The van der Waals surface area contributed by atoms with E-state index in [4.69, 9.17) is 4.74 Å². The fraction of sp³-hybridized carbons (Fsp3) is 0.118. The standard InChI is InChI=1S/C17H16N2O5/c1-19(18-15(20)13-10-6-3-7-11-13)17(23)24-14(16(21)22)12-8-4-2-5-9-12/h2-11,14H,1H3,(H,18,20)(H,21,22)/t14-/m1/s1. The minimum Gasteiger partial charge on any atom is -0.478 e. The molecular formula is C17H16N2O5. The van der Waals surface area contributed by atoms with Crippen LogP contribution in [-0.2, 0) is 9.53 Å². The summed E-state index contributed by atoms with van der Waals surface area (Å²) in [6.07, 6.45) is -2.45. The van der Waals surface area contributed by atoms with Crippen molar-refractivity contribution in [3.8, 4) is 0 Å². The number of nitrogens with one attached hydrogen (secondary N) is 1. The minimum atomic E-state index is -1.46. The lowest BCUT2D eigenvalue weighted by Crippen LogP contribution is -2.44. The molecule has 2 rings (SSSR count). The maximum atomic E-state index is 12.0. The molecule has 0 heterocycles. The van der Waals surface area contributed by atoms with Crippen LogP contribution in [0.25, 0.3) is 0 Å². The highest BCUT2D eigenvalue weighted by Gasteiger charge is 2.26. The average Bonchev–Trinajstić information content (AvgIpc) is 2.60. The van der Waals surface area contributed by atoms with Gasteiger partial charge in [-0.1, -0.05) is 48.5 Å². The summed E-state index contributed by atoms with van der Waals surface area (Å²) in [7, 11) is 1.27. The van der Waals surface area contributed by atoms with Crippen molar-refractivity contribution < 1.29 is 24.2 Å². The Kier molecular flexibility index (Phi) is 5.51. The molecule has 0 aromatic heterocycles. The van der Waals surface area contributed by atoms with E-state index in [2.05, 4.69) is 5.43 Å². The van der Waals surface area contributed by atoms with Crippen LogP contribution in [0.4, 0.5) is 4.79 Å². The number of aliphatic carboxylic acids is 1. The van der Waals surface area contributed by atoms with Crippen LogP contribution in [0.2, 0.25) is 0 Å². The Morgan fingerprint density at radius 2 is 1.54 bits per heavy atom. The van der Waals surface area contributed by atoms with Crippen LogP contribution in [0, 0.1) is 0 Å². The van der Waals surface area contributed by atoms with Gasteiger partial charge in [-0.25, -0.2) is 14.6 Å². The van der Waals surface area contributed by atoms with E-state index < -0.39 is 24.1 Å². The van der Waals surface area contributed by atoms with Gasteiger partial charge in [0, 0.05) is 18.2 Å². The predicted octanol–water partition coefficient (Wildman–Crippen LogP) is 2.23. The Morgan fingerprint density at radius 3 is 2.08 bits per heavy atom. The number of hydrogen-bond acceptors (Lipinski definition) is 4. The van der Waals surface area contributed by atoms with Gasteiger partial charge < -0.3 is 9.84 Å². The largest absolute Gasteiger partial charge is 0.478 e. The monoisotopic (exact) mass is 328 g/mol. The molecule has 0 fully saturated rings. The Morgan fingerprint density at radius 1 is 1.00 bits per heavy atom. The van der Waals surface area contributed by atoms with Crippen LogP contribution in [0.15, 0.2) is 60.7 Å². The second-order valence-corrected chi connectivity index (χ2v) is 4.88. The predicted molar refractivity (Wildman–Crippen MR) is 85.0 cm³/mol. The third kappa shape index (κ3) is 4.33. The molecule has 0 saturated carbocycles. The zero-order chi connectivity index (χ0) is 17.5. The molecule has 24 heavy (non-hydrogen) atoms. The normalized spacial score (nSPS) is 11.2. The van der Waals surface area contributed by atoms with Gasteiger partial charge in [-0.05, 0) is 12.1 Å². The number of benzene rings is 2. The number of carboxylic acids is 1. The minimum absolute atomic E-state index is 0.320. The lowest BCUT2D eigenvalue weighted by atomic mass is 10.1. The lowest BCUT2D eigenvalue weighted by Gasteiger charge is -2.21. The highest BCUT2D eigenvalue weighted by molar-refractivity contribution is 5.94. The first-order valence-electron chi connectivity index (χ1n) is 7.07. The zero-order valence-corrected chi connectivity index (χ0v) is 12.9. The van der Waals surface area contributed by atoms with Gasteiger partial charge in [0.25, 0.3) is 5.91 Å². The van der Waals surface area contributed by atoms with E-state index in [1.54, 1.807) is 48.5 Å². The van der Waals surface area contributed by atoms with Crippen molar-refractivity contribution in [1.82, 2.24) is 10.4 Å². The molecule has 7 heteroatoms. The number of ether oxygens (including phenoxy) is 1. The Hall–Kier alpha value is -3.35. The van der Waals surface area contributed by atoms with Crippen LogP contribution < -0.4 is 5.43 Å². The Labute approximate surface area is 138 Å². The molecule has 2 aromatic rings. The van der Waals surface area contributed by atoms with Gasteiger partial charge in [0.2, 0.25) is 6.10 Å². The summed E-state index contributed by atoms with van der Waals surface area (Å²) in [5.41, 5.74) is 3.00. The van der Waals surface area contributed by atoms with E-state index >= 15 is 0 Å². The number of rotatable bonds is 4. The number of carboxylic acid groups (broad SMARTS) is 1. The Bertz CT molecular complexity index is 718. The molecule has 0 radical (unpaired) electrons. The summed E-state index contributed by atoms with van der Waals surface area (Å²) in [5, 5.41) is 10.0. The molecule has 0 aliphatic rings. The van der Waals surface area contributed by atoms with Crippen LogP contribution in [0.1, 0.15) is 22.0 Å². The summed E-state index contributed by atoms with van der Waals surface area (Å²) in [6.45, 7) is 0. The quantitative estimate of drug-likeness (QED) is 0.839. The topological polar surface area (TPSA) is 95.9 Å². The number of carbonyl (C=O) groups excluding carboxylic acids is 2. The average molecular weight is 328 g/mol. The molecule has 124 valence electrons. The molecule has 1 atom stereocenters. The summed E-state index contributed by atoms with van der Waals surface area (Å²) in [6, 6.07) is 16.4. The van der Waals surface area contributed by atoms with Gasteiger partial charge in [-0.3, -0.25) is 10.2 Å². The van der Waals surface area contributed by atoms with Gasteiger partial charge in [0.1, 0.15) is 0 Å². The van der Waals surface area contributed by atoms with Gasteiger partial charge in [-0.2, -0.15) is 0 Å². The first kappa shape index (κ1) is 17.0. The van der Waals surface area contributed by atoms with Crippen molar-refractivity contribution in [2.45, 2.75) is 6.10 Å². The molecule has 2 aromatic carbocycles. The van der Waals surface area contributed by atoms with Gasteiger partial charge in [-0.15, -0.1) is 0 Å². The second-order valence-electron chi connectivity index (χ2n) is 4.88. The first-order chi connectivity index (χ1) is 11.5. The second kappa shape index (κ2) is 7.77. The van der Waals surface area contributed by atoms with Gasteiger partial charge in [0.05, 0.1) is 0 Å². The maximum absolute atomic E-state index is 12.0. The van der Waals surface area contributed by atoms with Crippen molar-refractivity contribution in [1.29, 1.82) is 0 Å². The third-order valence-corrected chi connectivity index (χ3v) is 3.12. The molecule has 2 amide bonds. The van der Waals surface area contributed by atoms with E-state index in [9.17, 15) is 19.5 Å². The summed E-state index contributed by atoms with van der Waals surface area (Å²) in [5.74, 6) is -1.82. The van der Waals surface area contributed by atoms with Crippen LogP contribution in [0.3, 0.4) is 0 Å². The molecule has 0 unspecified atom stereocenters. The maximum Gasteiger partial charge on any atom is 0.429 e. The molecule has 7 nitrogen and oxygen atoms in total.